The van der Waals surface area contributed by atoms with Gasteiger partial charge in [-0.05, 0) is 25.3 Å². The van der Waals surface area contributed by atoms with Gasteiger partial charge < -0.3 is 4.90 Å². The van der Waals surface area contributed by atoms with Gasteiger partial charge in [-0.2, -0.15) is 0 Å². The molecule has 1 aromatic rings. The van der Waals surface area contributed by atoms with E-state index in [-0.39, 0.29) is 0 Å². The predicted octanol–water partition coefficient (Wildman–Crippen LogP) is 2.86. The van der Waals surface area contributed by atoms with Crippen molar-refractivity contribution in [3.63, 3.8) is 0 Å². The second-order valence-corrected chi connectivity index (χ2v) is 3.07. The predicted molar refractivity (Wildman–Crippen MR) is 59.2 cm³/mol. The summed E-state index contributed by atoms with van der Waals surface area (Å²) in [6, 6.07) is 8.05. The summed E-state index contributed by atoms with van der Waals surface area (Å²) < 4.78 is 0. The molecule has 0 saturated carbocycles. The highest BCUT2D eigenvalue weighted by Crippen LogP contribution is 2.26. The summed E-state index contributed by atoms with van der Waals surface area (Å²) in [7, 11) is 2.08. The summed E-state index contributed by atoms with van der Waals surface area (Å²) in [5, 5.41) is 0. The minimum Gasteiger partial charge on any atom is -0.373 e. The lowest BCUT2D eigenvalue weighted by atomic mass is 10.2. The molecule has 0 aliphatic rings. The summed E-state index contributed by atoms with van der Waals surface area (Å²) in [4.78, 5) is 6.18. The van der Waals surface area contributed by atoms with Gasteiger partial charge in [0.2, 0.25) is 0 Å². The molecular weight excluding hydrogens is 160 g/mol. The average molecular weight is 176 g/mol. The molecule has 0 unspecified atom stereocenters. The van der Waals surface area contributed by atoms with E-state index in [9.17, 15) is 0 Å². The monoisotopic (exact) mass is 176 g/mol. The lowest BCUT2D eigenvalue weighted by molar-refractivity contribution is 0.852. The van der Waals surface area contributed by atoms with E-state index in [2.05, 4.69) is 36.6 Å². The maximum absolute atomic E-state index is 3.98. The molecule has 0 atom stereocenters. The van der Waals surface area contributed by atoms with E-state index in [0.717, 1.165) is 24.3 Å². The Morgan fingerprint density at radius 2 is 2.08 bits per heavy atom. The molecule has 0 bridgehead atoms. The molecule has 0 radical (unpaired) electrons. The Balaban J connectivity index is 2.91. The molecule has 0 amide bonds. The fraction of sp³-hybridized carbons (Fsp3) is 0.364. The summed E-state index contributed by atoms with van der Waals surface area (Å²) >= 11 is 0. The van der Waals surface area contributed by atoms with E-state index in [1.807, 2.05) is 18.2 Å². The molecule has 0 N–H and O–H groups in total. The molecule has 2 heteroatoms. The van der Waals surface area contributed by atoms with Crippen molar-refractivity contribution in [1.29, 1.82) is 0 Å². The minimum absolute atomic E-state index is 0.957. The van der Waals surface area contributed by atoms with Crippen LogP contribution in [0.5, 0.6) is 0 Å². The zero-order chi connectivity index (χ0) is 9.68. The maximum atomic E-state index is 3.98. The molecule has 0 spiro atoms. The van der Waals surface area contributed by atoms with Crippen molar-refractivity contribution in [3.05, 3.63) is 24.3 Å². The second kappa shape index (κ2) is 4.65. The van der Waals surface area contributed by atoms with Crippen LogP contribution in [-0.4, -0.2) is 20.3 Å². The Bertz CT molecular complexity index is 281. The third-order valence-corrected chi connectivity index (χ3v) is 2.02. The first-order chi connectivity index (χ1) is 6.29. The van der Waals surface area contributed by atoms with Crippen molar-refractivity contribution in [2.24, 2.45) is 4.99 Å². The molecule has 0 fully saturated rings. The normalized spacial score (nSPS) is 9.69. The molecule has 13 heavy (non-hydrogen) atoms. The molecule has 1 rings (SSSR count). The first-order valence-electron chi connectivity index (χ1n) is 4.56. The van der Waals surface area contributed by atoms with Crippen molar-refractivity contribution >= 4 is 18.1 Å². The van der Waals surface area contributed by atoms with E-state index in [0.29, 0.717) is 0 Å². The van der Waals surface area contributed by atoms with Gasteiger partial charge >= 0.3 is 0 Å². The number of hydrogen-bond donors (Lipinski definition) is 0. The number of hydrogen-bond acceptors (Lipinski definition) is 2. The highest BCUT2D eigenvalue weighted by molar-refractivity contribution is 5.68. The molecule has 0 aliphatic heterocycles. The molecule has 0 aliphatic carbocycles. The Morgan fingerprint density at radius 3 is 2.69 bits per heavy atom. The third kappa shape index (κ3) is 2.31. The minimum atomic E-state index is 0.957. The number of benzene rings is 1. The molecule has 2 nitrogen and oxygen atoms in total. The van der Waals surface area contributed by atoms with Crippen LogP contribution in [0.1, 0.15) is 13.3 Å². The largest absolute Gasteiger partial charge is 0.373 e. The van der Waals surface area contributed by atoms with E-state index < -0.39 is 0 Å². The second-order valence-electron chi connectivity index (χ2n) is 3.07. The maximum Gasteiger partial charge on any atom is 0.0855 e. The lowest BCUT2D eigenvalue weighted by Crippen LogP contribution is -2.17. The highest BCUT2D eigenvalue weighted by atomic mass is 15.1. The molecule has 0 saturated heterocycles. The summed E-state index contributed by atoms with van der Waals surface area (Å²) in [6.45, 7) is 6.77. The van der Waals surface area contributed by atoms with Gasteiger partial charge in [-0.25, -0.2) is 0 Å². The van der Waals surface area contributed by atoms with Crippen molar-refractivity contribution in [3.8, 4) is 0 Å². The van der Waals surface area contributed by atoms with E-state index in [1.54, 1.807) is 0 Å². The smallest absolute Gasteiger partial charge is 0.0855 e. The fourth-order valence-electron chi connectivity index (χ4n) is 1.38. The Morgan fingerprint density at radius 1 is 1.38 bits per heavy atom. The van der Waals surface area contributed by atoms with Crippen molar-refractivity contribution < 1.29 is 0 Å². The number of rotatable bonds is 4. The van der Waals surface area contributed by atoms with Crippen LogP contribution in [-0.2, 0) is 0 Å². The molecular formula is C11H16N2. The standard InChI is InChI=1S/C11H16N2/c1-4-9-13(3)11-8-6-5-7-10(11)12-2/h5-8H,2,4,9H2,1,3H3. The highest BCUT2D eigenvalue weighted by Gasteiger charge is 2.03. The van der Waals surface area contributed by atoms with Gasteiger partial charge in [0.25, 0.3) is 0 Å². The molecule has 70 valence electrons. The number of anilines is 1. The average Bonchev–Trinajstić information content (AvgIpc) is 2.18. The van der Waals surface area contributed by atoms with Gasteiger partial charge in [0, 0.05) is 13.6 Å². The van der Waals surface area contributed by atoms with Crippen LogP contribution in [0.15, 0.2) is 29.3 Å². The Kier molecular flexibility index (Phi) is 3.50. The van der Waals surface area contributed by atoms with Crippen LogP contribution >= 0.6 is 0 Å². The zero-order valence-electron chi connectivity index (χ0n) is 8.33. The van der Waals surface area contributed by atoms with Crippen LogP contribution in [0.3, 0.4) is 0 Å². The van der Waals surface area contributed by atoms with E-state index in [4.69, 9.17) is 0 Å². The van der Waals surface area contributed by atoms with Crippen LogP contribution in [0.4, 0.5) is 11.4 Å². The topological polar surface area (TPSA) is 15.6 Å². The van der Waals surface area contributed by atoms with Crippen LogP contribution in [0, 0.1) is 0 Å². The molecule has 0 heterocycles. The first kappa shape index (κ1) is 9.78. The lowest BCUT2D eigenvalue weighted by Gasteiger charge is -2.19. The summed E-state index contributed by atoms with van der Waals surface area (Å²) in [5.74, 6) is 0. The molecule has 0 aromatic heterocycles. The Labute approximate surface area is 79.9 Å². The van der Waals surface area contributed by atoms with Gasteiger partial charge in [0.05, 0.1) is 11.4 Å². The fourth-order valence-corrected chi connectivity index (χ4v) is 1.38. The van der Waals surface area contributed by atoms with Crippen LogP contribution in [0.2, 0.25) is 0 Å². The number of para-hydroxylation sites is 2. The van der Waals surface area contributed by atoms with Crippen molar-refractivity contribution in [1.82, 2.24) is 0 Å². The van der Waals surface area contributed by atoms with Crippen LogP contribution < -0.4 is 4.90 Å². The van der Waals surface area contributed by atoms with Crippen LogP contribution in [0.25, 0.3) is 0 Å². The number of aliphatic imine (C=N–C) groups is 1. The third-order valence-electron chi connectivity index (χ3n) is 2.02. The zero-order valence-corrected chi connectivity index (χ0v) is 8.33. The van der Waals surface area contributed by atoms with Gasteiger partial charge in [-0.15, -0.1) is 0 Å². The van der Waals surface area contributed by atoms with Gasteiger partial charge in [-0.1, -0.05) is 19.1 Å². The van der Waals surface area contributed by atoms with Crippen molar-refractivity contribution in [2.75, 3.05) is 18.5 Å². The van der Waals surface area contributed by atoms with Gasteiger partial charge in [0.15, 0.2) is 0 Å². The molecule has 1 aromatic carbocycles. The number of nitrogens with zero attached hydrogens (tertiary/aromatic N) is 2. The first-order valence-corrected chi connectivity index (χ1v) is 4.56. The van der Waals surface area contributed by atoms with E-state index >= 15 is 0 Å². The Hall–Kier alpha value is -1.31. The van der Waals surface area contributed by atoms with E-state index in [1.165, 1.54) is 0 Å². The quantitative estimate of drug-likeness (QED) is 0.644. The summed E-state index contributed by atoms with van der Waals surface area (Å²) in [5.41, 5.74) is 2.11. The van der Waals surface area contributed by atoms with Crippen molar-refractivity contribution in [2.45, 2.75) is 13.3 Å². The van der Waals surface area contributed by atoms with Gasteiger partial charge in [-0.3, -0.25) is 4.99 Å². The summed E-state index contributed by atoms with van der Waals surface area (Å²) in [6.07, 6.45) is 1.14. The SMILES string of the molecule is C=Nc1ccccc1N(C)CCC. The van der Waals surface area contributed by atoms with Gasteiger partial charge in [0.1, 0.15) is 0 Å².